The quantitative estimate of drug-likeness (QED) is 0.576. The maximum atomic E-state index is 12.7. The Kier molecular flexibility index (Phi) is 7.40. The largest absolute Gasteiger partial charge is 0.478 e. The van der Waals surface area contributed by atoms with Gasteiger partial charge in [-0.15, -0.1) is 0 Å². The van der Waals surface area contributed by atoms with Crippen LogP contribution in [0.1, 0.15) is 51.4 Å². The number of carboxylic acids is 1. The maximum Gasteiger partial charge on any atom is 0.335 e. The predicted molar refractivity (Wildman–Crippen MR) is 97.7 cm³/mol. The summed E-state index contributed by atoms with van der Waals surface area (Å²) in [5.41, 5.74) is -0.394. The highest BCUT2D eigenvalue weighted by Crippen LogP contribution is 2.24. The molecule has 0 saturated carbocycles. The summed E-state index contributed by atoms with van der Waals surface area (Å²) in [5, 5.41) is 12.2. The maximum absolute atomic E-state index is 12.7. The van der Waals surface area contributed by atoms with Gasteiger partial charge < -0.3 is 15.2 Å². The monoisotopic (exact) mass is 372 g/mol. The van der Waals surface area contributed by atoms with Gasteiger partial charge in [0, 0.05) is 18.7 Å². The van der Waals surface area contributed by atoms with Crippen LogP contribution in [0.2, 0.25) is 0 Å². The van der Waals surface area contributed by atoms with Crippen LogP contribution in [0.25, 0.3) is 0 Å². The van der Waals surface area contributed by atoms with Crippen molar-refractivity contribution in [1.29, 1.82) is 0 Å². The van der Waals surface area contributed by atoms with Gasteiger partial charge in [-0.2, -0.15) is 0 Å². The van der Waals surface area contributed by atoms with Gasteiger partial charge in [-0.3, -0.25) is 0 Å². The lowest BCUT2D eigenvalue weighted by molar-refractivity contribution is 0.0696. The number of anilines is 1. The number of hydrogen-bond acceptors (Lipinski definition) is 5. The molecule has 0 heterocycles. The van der Waals surface area contributed by atoms with Crippen molar-refractivity contribution in [3.05, 3.63) is 23.8 Å². The van der Waals surface area contributed by atoms with E-state index in [0.29, 0.717) is 25.3 Å². The third-order valence-electron chi connectivity index (χ3n) is 3.05. The van der Waals surface area contributed by atoms with Gasteiger partial charge in [-0.25, -0.2) is 17.9 Å². The molecule has 8 heteroatoms. The van der Waals surface area contributed by atoms with Crippen molar-refractivity contribution in [2.75, 3.05) is 18.5 Å². The molecule has 0 amide bonds. The lowest BCUT2D eigenvalue weighted by Gasteiger charge is -2.22. The molecule has 1 aromatic carbocycles. The van der Waals surface area contributed by atoms with Crippen molar-refractivity contribution in [3.8, 4) is 0 Å². The number of hydrogen-bond donors (Lipinski definition) is 3. The Hall–Kier alpha value is -1.64. The molecule has 25 heavy (non-hydrogen) atoms. The topological polar surface area (TPSA) is 105 Å². The summed E-state index contributed by atoms with van der Waals surface area (Å²) in [6, 6.07) is 4.03. The third-order valence-corrected chi connectivity index (χ3v) is 4.84. The van der Waals surface area contributed by atoms with Crippen LogP contribution in [0.15, 0.2) is 23.1 Å². The Morgan fingerprint density at radius 3 is 2.44 bits per heavy atom. The first-order valence-corrected chi connectivity index (χ1v) is 9.67. The Labute approximate surface area is 149 Å². The SMILES string of the molecule is CC(C)OCCCNc1ccc(C(=O)O)cc1S(=O)(=O)NC(C)(C)C. The smallest absolute Gasteiger partial charge is 0.335 e. The van der Waals surface area contributed by atoms with Crippen molar-refractivity contribution in [1.82, 2.24) is 4.72 Å². The molecule has 0 saturated heterocycles. The number of carbonyl (C=O) groups is 1. The average molecular weight is 372 g/mol. The van der Waals surface area contributed by atoms with Crippen LogP contribution < -0.4 is 10.0 Å². The molecule has 7 nitrogen and oxygen atoms in total. The molecule has 1 rings (SSSR count). The Morgan fingerprint density at radius 2 is 1.92 bits per heavy atom. The highest BCUT2D eigenvalue weighted by atomic mass is 32.2. The van der Waals surface area contributed by atoms with Gasteiger partial charge in [-0.05, 0) is 59.2 Å². The first kappa shape index (κ1) is 21.4. The number of benzene rings is 1. The number of carboxylic acid groups (broad SMARTS) is 1. The highest BCUT2D eigenvalue weighted by Gasteiger charge is 2.25. The van der Waals surface area contributed by atoms with Crippen molar-refractivity contribution >= 4 is 21.7 Å². The molecule has 142 valence electrons. The summed E-state index contributed by atoms with van der Waals surface area (Å²) < 4.78 is 33.3. The molecule has 0 aliphatic heterocycles. The van der Waals surface area contributed by atoms with Gasteiger partial charge in [0.2, 0.25) is 10.0 Å². The molecular formula is C17H28N2O5S. The number of sulfonamides is 1. The molecule has 0 bridgehead atoms. The molecule has 0 unspecified atom stereocenters. The van der Waals surface area contributed by atoms with E-state index in [0.717, 1.165) is 0 Å². The van der Waals surface area contributed by atoms with E-state index in [1.54, 1.807) is 20.8 Å². The summed E-state index contributed by atoms with van der Waals surface area (Å²) in [6.07, 6.45) is 0.840. The molecular weight excluding hydrogens is 344 g/mol. The first-order valence-electron chi connectivity index (χ1n) is 8.19. The van der Waals surface area contributed by atoms with Crippen LogP contribution >= 0.6 is 0 Å². The Bertz CT molecular complexity index is 693. The van der Waals surface area contributed by atoms with Gasteiger partial charge in [-0.1, -0.05) is 0 Å². The normalized spacial score (nSPS) is 12.4. The minimum absolute atomic E-state index is 0.0768. The van der Waals surface area contributed by atoms with E-state index in [9.17, 15) is 13.2 Å². The van der Waals surface area contributed by atoms with Crippen LogP contribution in [0, 0.1) is 0 Å². The lowest BCUT2D eigenvalue weighted by Crippen LogP contribution is -2.40. The summed E-state index contributed by atoms with van der Waals surface area (Å²) in [6.45, 7) is 10.1. The molecule has 0 aromatic heterocycles. The van der Waals surface area contributed by atoms with Gasteiger partial charge in [0.15, 0.2) is 0 Å². The minimum Gasteiger partial charge on any atom is -0.478 e. The van der Waals surface area contributed by atoms with E-state index < -0.39 is 21.5 Å². The summed E-state index contributed by atoms with van der Waals surface area (Å²) in [7, 11) is -3.87. The van der Waals surface area contributed by atoms with Crippen LogP contribution in [-0.4, -0.2) is 44.3 Å². The van der Waals surface area contributed by atoms with Crippen LogP contribution in [-0.2, 0) is 14.8 Å². The summed E-state index contributed by atoms with van der Waals surface area (Å²) in [4.78, 5) is 11.1. The molecule has 0 atom stereocenters. The predicted octanol–water partition coefficient (Wildman–Crippen LogP) is 2.69. The summed E-state index contributed by atoms with van der Waals surface area (Å²) >= 11 is 0. The first-order chi connectivity index (χ1) is 11.4. The van der Waals surface area contributed by atoms with Crippen molar-refractivity contribution in [2.45, 2.75) is 57.6 Å². The lowest BCUT2D eigenvalue weighted by atomic mass is 10.1. The Balaban J connectivity index is 3.02. The van der Waals surface area contributed by atoms with E-state index in [-0.39, 0.29) is 16.6 Å². The van der Waals surface area contributed by atoms with E-state index in [4.69, 9.17) is 9.84 Å². The van der Waals surface area contributed by atoms with Crippen LogP contribution in [0.3, 0.4) is 0 Å². The van der Waals surface area contributed by atoms with E-state index >= 15 is 0 Å². The molecule has 0 fully saturated rings. The van der Waals surface area contributed by atoms with Crippen molar-refractivity contribution in [2.24, 2.45) is 0 Å². The zero-order valence-electron chi connectivity index (χ0n) is 15.4. The van der Waals surface area contributed by atoms with E-state index in [1.807, 2.05) is 13.8 Å². The number of aromatic carboxylic acids is 1. The Morgan fingerprint density at radius 1 is 1.28 bits per heavy atom. The molecule has 0 aliphatic carbocycles. The molecule has 0 spiro atoms. The number of ether oxygens (including phenoxy) is 1. The van der Waals surface area contributed by atoms with Crippen molar-refractivity contribution in [3.63, 3.8) is 0 Å². The fourth-order valence-electron chi connectivity index (χ4n) is 2.10. The second-order valence-electron chi connectivity index (χ2n) is 7.07. The average Bonchev–Trinajstić information content (AvgIpc) is 2.43. The second kappa shape index (κ2) is 8.64. The summed E-state index contributed by atoms with van der Waals surface area (Å²) in [5.74, 6) is -1.18. The zero-order valence-corrected chi connectivity index (χ0v) is 16.2. The van der Waals surface area contributed by atoms with Crippen LogP contribution in [0.4, 0.5) is 5.69 Å². The van der Waals surface area contributed by atoms with Crippen molar-refractivity contribution < 1.29 is 23.1 Å². The molecule has 1 aromatic rings. The van der Waals surface area contributed by atoms with Crippen LogP contribution in [0.5, 0.6) is 0 Å². The zero-order chi connectivity index (χ0) is 19.3. The number of rotatable bonds is 9. The van der Waals surface area contributed by atoms with E-state index in [1.165, 1.54) is 18.2 Å². The van der Waals surface area contributed by atoms with Gasteiger partial charge in [0.1, 0.15) is 4.90 Å². The second-order valence-corrected chi connectivity index (χ2v) is 8.72. The minimum atomic E-state index is -3.87. The third kappa shape index (κ3) is 7.41. The fraction of sp³-hybridized carbons (Fsp3) is 0.588. The molecule has 3 N–H and O–H groups in total. The van der Waals surface area contributed by atoms with Gasteiger partial charge >= 0.3 is 5.97 Å². The fourth-order valence-corrected chi connectivity index (χ4v) is 3.72. The van der Waals surface area contributed by atoms with Gasteiger partial charge in [0.25, 0.3) is 0 Å². The highest BCUT2D eigenvalue weighted by molar-refractivity contribution is 7.89. The molecule has 0 radical (unpaired) electrons. The number of nitrogens with one attached hydrogen (secondary N) is 2. The van der Waals surface area contributed by atoms with E-state index in [2.05, 4.69) is 10.0 Å². The molecule has 0 aliphatic rings. The standard InChI is InChI=1S/C17H28N2O5S/c1-12(2)24-10-6-9-18-14-8-7-13(16(20)21)11-15(14)25(22,23)19-17(3,4)5/h7-8,11-12,18-19H,6,9-10H2,1-5H3,(H,20,21). The van der Waals surface area contributed by atoms with Gasteiger partial charge in [0.05, 0.1) is 17.4 Å².